The quantitative estimate of drug-likeness (QED) is 0.150. The van der Waals surface area contributed by atoms with Crippen LogP contribution in [0, 0.1) is 6.92 Å². The number of hydrogen-bond acceptors (Lipinski definition) is 8. The molecule has 6 rings (SSSR count). The minimum atomic E-state index is -0.275. The van der Waals surface area contributed by atoms with Crippen molar-refractivity contribution in [2.45, 2.75) is 33.3 Å². The van der Waals surface area contributed by atoms with Gasteiger partial charge < -0.3 is 23.7 Å². The Morgan fingerprint density at radius 2 is 1.78 bits per heavy atom. The molecule has 0 saturated carbocycles. The number of aromatic nitrogens is 2. The van der Waals surface area contributed by atoms with Crippen LogP contribution in [-0.4, -0.2) is 36.9 Å². The summed E-state index contributed by atoms with van der Waals surface area (Å²) < 4.78 is 30.4. The van der Waals surface area contributed by atoms with Crippen molar-refractivity contribution in [2.24, 2.45) is 5.10 Å². The van der Waals surface area contributed by atoms with Crippen LogP contribution in [-0.2, 0) is 6.61 Å². The van der Waals surface area contributed by atoms with Crippen LogP contribution in [0.15, 0.2) is 81.1 Å². The summed E-state index contributed by atoms with van der Waals surface area (Å²) in [5, 5.41) is 5.15. The summed E-state index contributed by atoms with van der Waals surface area (Å²) in [5.41, 5.74) is 4.65. The first-order chi connectivity index (χ1) is 21.8. The lowest BCUT2D eigenvalue weighted by molar-refractivity contribution is 0.174. The van der Waals surface area contributed by atoms with Crippen molar-refractivity contribution in [1.82, 2.24) is 9.66 Å². The number of nitrogens with zero attached hydrogens (tertiary/aromatic N) is 3. The van der Waals surface area contributed by atoms with Crippen molar-refractivity contribution in [1.29, 1.82) is 0 Å². The molecule has 0 unspecified atom stereocenters. The molecule has 0 atom stereocenters. The fourth-order valence-corrected chi connectivity index (χ4v) is 5.81. The van der Waals surface area contributed by atoms with Gasteiger partial charge in [0.2, 0.25) is 6.79 Å². The molecule has 0 aliphatic carbocycles. The molecular formula is C35H32BrN3O6. The highest BCUT2D eigenvalue weighted by molar-refractivity contribution is 9.10. The van der Waals surface area contributed by atoms with Gasteiger partial charge in [-0.2, -0.15) is 9.78 Å². The molecule has 0 radical (unpaired) electrons. The molecule has 45 heavy (non-hydrogen) atoms. The number of aryl methyl sites for hydroxylation is 1. The van der Waals surface area contributed by atoms with E-state index in [0.717, 1.165) is 28.0 Å². The van der Waals surface area contributed by atoms with Gasteiger partial charge in [0.1, 0.15) is 12.4 Å². The molecule has 9 nitrogen and oxygen atoms in total. The maximum atomic E-state index is 13.8. The zero-order chi connectivity index (χ0) is 31.7. The predicted molar refractivity (Wildman–Crippen MR) is 177 cm³/mol. The second-order valence-electron chi connectivity index (χ2n) is 10.9. The molecule has 4 aromatic carbocycles. The Balaban J connectivity index is 1.38. The number of rotatable bonds is 9. The van der Waals surface area contributed by atoms with Crippen LogP contribution in [0.2, 0.25) is 0 Å². The molecule has 2 heterocycles. The number of halogens is 1. The first kappa shape index (κ1) is 30.2. The van der Waals surface area contributed by atoms with Gasteiger partial charge >= 0.3 is 0 Å². The van der Waals surface area contributed by atoms with Crippen LogP contribution in [0.3, 0.4) is 0 Å². The minimum Gasteiger partial charge on any atom is -0.496 e. The average molecular weight is 671 g/mol. The van der Waals surface area contributed by atoms with Gasteiger partial charge in [0.25, 0.3) is 5.56 Å². The highest BCUT2D eigenvalue weighted by atomic mass is 79.9. The average Bonchev–Trinajstić information content (AvgIpc) is 3.51. The van der Waals surface area contributed by atoms with E-state index in [9.17, 15) is 4.79 Å². The Kier molecular flexibility index (Phi) is 8.49. The molecule has 5 aromatic rings. The molecule has 0 fully saturated rings. The van der Waals surface area contributed by atoms with E-state index in [2.05, 4.69) is 34.9 Å². The zero-order valence-electron chi connectivity index (χ0n) is 25.6. The summed E-state index contributed by atoms with van der Waals surface area (Å²) in [7, 11) is 3.24. The Morgan fingerprint density at radius 1 is 1.00 bits per heavy atom. The summed E-state index contributed by atoms with van der Waals surface area (Å²) in [6.45, 7) is 6.68. The van der Waals surface area contributed by atoms with E-state index in [1.807, 2.05) is 61.5 Å². The van der Waals surface area contributed by atoms with Gasteiger partial charge in [-0.05, 0) is 99.6 Å². The third-order valence-electron chi connectivity index (χ3n) is 7.59. The van der Waals surface area contributed by atoms with E-state index >= 15 is 0 Å². The molecule has 0 amide bonds. The number of fused-ring (bicyclic) bond motifs is 2. The molecule has 1 aliphatic rings. The van der Waals surface area contributed by atoms with Crippen molar-refractivity contribution in [3.63, 3.8) is 0 Å². The largest absolute Gasteiger partial charge is 0.496 e. The van der Waals surface area contributed by atoms with Gasteiger partial charge in [0, 0.05) is 5.56 Å². The van der Waals surface area contributed by atoms with Crippen molar-refractivity contribution in [2.75, 3.05) is 21.0 Å². The first-order valence-corrected chi connectivity index (χ1v) is 15.2. The summed E-state index contributed by atoms with van der Waals surface area (Å²) in [6, 6.07) is 20.6. The zero-order valence-corrected chi connectivity index (χ0v) is 27.2. The molecule has 0 N–H and O–H groups in total. The van der Waals surface area contributed by atoms with Gasteiger partial charge in [-0.25, -0.2) is 4.98 Å². The van der Waals surface area contributed by atoms with Crippen LogP contribution < -0.4 is 29.2 Å². The molecule has 230 valence electrons. The molecule has 1 aromatic heterocycles. The van der Waals surface area contributed by atoms with Crippen molar-refractivity contribution >= 4 is 33.0 Å². The monoisotopic (exact) mass is 669 g/mol. The van der Waals surface area contributed by atoms with Gasteiger partial charge in [0.05, 0.1) is 35.8 Å². The molecule has 10 heteroatoms. The number of hydrogen-bond donors (Lipinski definition) is 0. The lowest BCUT2D eigenvalue weighted by Crippen LogP contribution is -2.20. The third-order valence-corrected chi connectivity index (χ3v) is 8.18. The number of methoxy groups -OCH3 is 2. The molecular weight excluding hydrogens is 638 g/mol. The van der Waals surface area contributed by atoms with E-state index < -0.39 is 0 Å². The number of para-hydroxylation sites is 1. The summed E-state index contributed by atoms with van der Waals surface area (Å²) >= 11 is 3.63. The SMILES string of the molecule is COc1cc(C)c(-c2nc3ccccc3c(=O)n2N=Cc2cc(Br)c(OCc3ccc4c(c3)OCO4)c(OC)c2)cc1C(C)C. The van der Waals surface area contributed by atoms with E-state index in [0.29, 0.717) is 56.4 Å². The molecule has 0 bridgehead atoms. The number of ether oxygens (including phenoxy) is 5. The van der Waals surface area contributed by atoms with Gasteiger partial charge in [0.15, 0.2) is 28.8 Å². The normalized spacial score (nSPS) is 12.3. The molecule has 0 spiro atoms. The Morgan fingerprint density at radius 3 is 2.56 bits per heavy atom. The topological polar surface area (TPSA) is 93.4 Å². The van der Waals surface area contributed by atoms with Crippen LogP contribution in [0.5, 0.6) is 28.7 Å². The first-order valence-electron chi connectivity index (χ1n) is 14.4. The second kappa shape index (κ2) is 12.6. The third kappa shape index (κ3) is 5.98. The van der Waals surface area contributed by atoms with Crippen LogP contribution in [0.1, 0.15) is 42.0 Å². The Hall–Kier alpha value is -4.83. The maximum Gasteiger partial charge on any atom is 0.282 e. The highest BCUT2D eigenvalue weighted by Crippen LogP contribution is 2.38. The summed E-state index contributed by atoms with van der Waals surface area (Å²) in [6.07, 6.45) is 1.61. The second-order valence-corrected chi connectivity index (χ2v) is 11.7. The van der Waals surface area contributed by atoms with Gasteiger partial charge in [-0.1, -0.05) is 32.0 Å². The Bertz CT molecular complexity index is 2000. The number of benzene rings is 4. The maximum absolute atomic E-state index is 13.8. The highest BCUT2D eigenvalue weighted by Gasteiger charge is 2.19. The molecule has 0 saturated heterocycles. The fraction of sp³-hybridized carbons (Fsp3) is 0.229. The fourth-order valence-electron chi connectivity index (χ4n) is 5.24. The van der Waals surface area contributed by atoms with Crippen molar-refractivity contribution < 1.29 is 23.7 Å². The molecule has 1 aliphatic heterocycles. The van der Waals surface area contributed by atoms with Crippen LogP contribution >= 0.6 is 15.9 Å². The van der Waals surface area contributed by atoms with Crippen LogP contribution in [0.4, 0.5) is 0 Å². The van der Waals surface area contributed by atoms with Gasteiger partial charge in [-0.15, -0.1) is 0 Å². The smallest absolute Gasteiger partial charge is 0.282 e. The van der Waals surface area contributed by atoms with E-state index in [4.69, 9.17) is 28.7 Å². The predicted octanol–water partition coefficient (Wildman–Crippen LogP) is 7.46. The van der Waals surface area contributed by atoms with Crippen molar-refractivity contribution in [3.8, 4) is 40.1 Å². The van der Waals surface area contributed by atoms with Gasteiger partial charge in [-0.3, -0.25) is 4.79 Å². The minimum absolute atomic E-state index is 0.194. The van der Waals surface area contributed by atoms with E-state index in [1.54, 1.807) is 32.6 Å². The standard InChI is InChI=1S/C35H32BrN3O6/c1-20(2)25-16-26(21(3)12-30(25)41-4)34-38-28-9-7-6-8-24(28)35(40)39(34)37-17-23-13-27(36)33(32(15-23)42-5)43-18-22-10-11-29-31(14-22)45-19-44-29/h6-17,20H,18-19H2,1-5H3. The van der Waals surface area contributed by atoms with Crippen LogP contribution in [0.25, 0.3) is 22.3 Å². The van der Waals surface area contributed by atoms with E-state index in [1.165, 1.54) is 4.68 Å². The Labute approximate surface area is 269 Å². The lowest BCUT2D eigenvalue weighted by atomic mass is 9.96. The summed E-state index contributed by atoms with van der Waals surface area (Å²) in [5.74, 6) is 3.87. The van der Waals surface area contributed by atoms with E-state index in [-0.39, 0.29) is 18.3 Å². The van der Waals surface area contributed by atoms with Crippen molar-refractivity contribution in [3.05, 3.63) is 104 Å². The lowest BCUT2D eigenvalue weighted by Gasteiger charge is -2.17. The summed E-state index contributed by atoms with van der Waals surface area (Å²) in [4.78, 5) is 18.8.